The number of carbonyl (C=O) groups is 1. The Morgan fingerprint density at radius 2 is 1.88 bits per heavy atom. The first-order valence-electron chi connectivity index (χ1n) is 8.21. The summed E-state index contributed by atoms with van der Waals surface area (Å²) in [6.45, 7) is 5.98. The molecule has 0 aliphatic carbocycles. The van der Waals surface area contributed by atoms with E-state index in [-0.39, 0.29) is 5.91 Å². The first kappa shape index (κ1) is 17.9. The number of hydrogen-bond donors (Lipinski definition) is 2. The smallest absolute Gasteiger partial charge is 0.255 e. The van der Waals surface area contributed by atoms with E-state index >= 15 is 0 Å². The summed E-state index contributed by atoms with van der Waals surface area (Å²) in [6.07, 6.45) is 1.65. The van der Waals surface area contributed by atoms with Crippen molar-refractivity contribution in [2.24, 2.45) is 0 Å². The number of nitrogens with zero attached hydrogens (tertiary/aromatic N) is 2. The highest BCUT2D eigenvalue weighted by Gasteiger charge is 2.08. The summed E-state index contributed by atoms with van der Waals surface area (Å²) in [5.41, 5.74) is 2.64. The summed E-state index contributed by atoms with van der Waals surface area (Å²) in [6, 6.07) is 11.4. The maximum Gasteiger partial charge on any atom is 0.255 e. The molecule has 0 unspecified atom stereocenters. The van der Waals surface area contributed by atoms with Gasteiger partial charge in [-0.2, -0.15) is 0 Å². The van der Waals surface area contributed by atoms with Gasteiger partial charge in [0.1, 0.15) is 5.82 Å². The number of nitrogens with one attached hydrogen (secondary N) is 2. The van der Waals surface area contributed by atoms with Crippen LogP contribution >= 0.6 is 0 Å². The molecule has 0 aliphatic heterocycles. The fourth-order valence-electron chi connectivity index (χ4n) is 2.23. The molecule has 0 bridgehead atoms. The third kappa shape index (κ3) is 5.35. The van der Waals surface area contributed by atoms with Crippen LogP contribution in [0, 0.1) is 0 Å². The fraction of sp³-hybridized carbons (Fsp3) is 0.368. The lowest BCUT2D eigenvalue weighted by Crippen LogP contribution is -2.21. The van der Waals surface area contributed by atoms with Crippen molar-refractivity contribution >= 4 is 17.4 Å². The second-order valence-corrected chi connectivity index (χ2v) is 6.39. The molecule has 0 spiro atoms. The van der Waals surface area contributed by atoms with Crippen molar-refractivity contribution in [3.05, 3.63) is 53.7 Å². The van der Waals surface area contributed by atoms with Crippen LogP contribution in [0.5, 0.6) is 0 Å². The van der Waals surface area contributed by atoms with Gasteiger partial charge in [-0.15, -0.1) is 0 Å². The van der Waals surface area contributed by atoms with Crippen LogP contribution in [0.4, 0.5) is 11.5 Å². The van der Waals surface area contributed by atoms with Gasteiger partial charge in [0.15, 0.2) is 0 Å². The highest BCUT2D eigenvalue weighted by Crippen LogP contribution is 2.18. The first-order chi connectivity index (χ1) is 11.5. The molecule has 5 heteroatoms. The molecular formula is C19H26N4O. The topological polar surface area (TPSA) is 57.3 Å². The molecule has 1 amide bonds. The molecule has 1 aromatic heterocycles. The highest BCUT2D eigenvalue weighted by molar-refractivity contribution is 6.04. The van der Waals surface area contributed by atoms with Gasteiger partial charge in [0, 0.05) is 30.5 Å². The predicted molar refractivity (Wildman–Crippen MR) is 99.8 cm³/mol. The Labute approximate surface area is 144 Å². The van der Waals surface area contributed by atoms with Gasteiger partial charge >= 0.3 is 0 Å². The Morgan fingerprint density at radius 1 is 1.17 bits per heavy atom. The molecule has 2 aromatic rings. The van der Waals surface area contributed by atoms with Gasteiger partial charge < -0.3 is 15.5 Å². The molecule has 128 valence electrons. The van der Waals surface area contributed by atoms with Gasteiger partial charge in [0.2, 0.25) is 0 Å². The maximum absolute atomic E-state index is 12.4. The van der Waals surface area contributed by atoms with Crippen molar-refractivity contribution in [2.45, 2.75) is 19.8 Å². The fourth-order valence-corrected chi connectivity index (χ4v) is 2.23. The molecule has 1 aromatic carbocycles. The molecule has 0 radical (unpaired) electrons. The van der Waals surface area contributed by atoms with Crippen LogP contribution < -0.4 is 10.6 Å². The molecule has 0 fully saturated rings. The number of carbonyl (C=O) groups excluding carboxylic acids is 1. The van der Waals surface area contributed by atoms with E-state index < -0.39 is 0 Å². The molecule has 0 saturated carbocycles. The van der Waals surface area contributed by atoms with E-state index in [1.54, 1.807) is 18.3 Å². The van der Waals surface area contributed by atoms with Crippen molar-refractivity contribution in [2.75, 3.05) is 37.8 Å². The Morgan fingerprint density at radius 3 is 2.50 bits per heavy atom. The van der Waals surface area contributed by atoms with E-state index in [2.05, 4.69) is 34.4 Å². The molecule has 1 heterocycles. The van der Waals surface area contributed by atoms with E-state index in [0.29, 0.717) is 17.3 Å². The molecular weight excluding hydrogens is 300 g/mol. The average molecular weight is 326 g/mol. The summed E-state index contributed by atoms with van der Waals surface area (Å²) in [4.78, 5) is 18.7. The van der Waals surface area contributed by atoms with Crippen LogP contribution in [0.1, 0.15) is 35.7 Å². The van der Waals surface area contributed by atoms with Crippen molar-refractivity contribution in [1.29, 1.82) is 0 Å². The zero-order valence-electron chi connectivity index (χ0n) is 14.8. The minimum atomic E-state index is -0.134. The average Bonchev–Trinajstić information content (AvgIpc) is 2.55. The number of benzene rings is 1. The van der Waals surface area contributed by atoms with E-state index in [9.17, 15) is 4.79 Å². The third-order valence-electron chi connectivity index (χ3n) is 3.72. The summed E-state index contributed by atoms with van der Waals surface area (Å²) in [5, 5.41) is 6.15. The Hall–Kier alpha value is -2.40. The number of amides is 1. The van der Waals surface area contributed by atoms with Crippen molar-refractivity contribution in [3.8, 4) is 0 Å². The van der Waals surface area contributed by atoms with Gasteiger partial charge in [-0.05, 0) is 49.8 Å². The SMILES string of the molecule is CC(C)c1ccc(NC(=O)c2ccnc(NCCN(C)C)c2)cc1. The number of pyridine rings is 1. The van der Waals surface area contributed by atoms with Crippen LogP contribution in [0.3, 0.4) is 0 Å². The summed E-state index contributed by atoms with van der Waals surface area (Å²) >= 11 is 0. The number of likely N-dealkylation sites (N-methyl/N-ethyl adjacent to an activating group) is 1. The second-order valence-electron chi connectivity index (χ2n) is 6.39. The number of hydrogen-bond acceptors (Lipinski definition) is 4. The van der Waals surface area contributed by atoms with Gasteiger partial charge in [0.25, 0.3) is 5.91 Å². The normalized spacial score (nSPS) is 10.9. The summed E-state index contributed by atoms with van der Waals surface area (Å²) < 4.78 is 0. The van der Waals surface area contributed by atoms with Crippen LogP contribution in [-0.2, 0) is 0 Å². The van der Waals surface area contributed by atoms with E-state index in [0.717, 1.165) is 18.8 Å². The highest BCUT2D eigenvalue weighted by atomic mass is 16.1. The Bertz CT molecular complexity index is 665. The Kier molecular flexibility index (Phi) is 6.32. The lowest BCUT2D eigenvalue weighted by molar-refractivity contribution is 0.102. The van der Waals surface area contributed by atoms with Crippen molar-refractivity contribution in [1.82, 2.24) is 9.88 Å². The van der Waals surface area contributed by atoms with Crippen LogP contribution in [0.15, 0.2) is 42.6 Å². The van der Waals surface area contributed by atoms with E-state index in [4.69, 9.17) is 0 Å². The zero-order chi connectivity index (χ0) is 17.5. The van der Waals surface area contributed by atoms with Gasteiger partial charge in [-0.1, -0.05) is 26.0 Å². The maximum atomic E-state index is 12.4. The monoisotopic (exact) mass is 326 g/mol. The second kappa shape index (κ2) is 8.45. The first-order valence-corrected chi connectivity index (χ1v) is 8.21. The van der Waals surface area contributed by atoms with Crippen LogP contribution in [-0.4, -0.2) is 43.0 Å². The lowest BCUT2D eigenvalue weighted by Gasteiger charge is -2.12. The van der Waals surface area contributed by atoms with E-state index in [1.165, 1.54) is 5.56 Å². The van der Waals surface area contributed by atoms with Gasteiger partial charge in [-0.25, -0.2) is 4.98 Å². The summed E-state index contributed by atoms with van der Waals surface area (Å²) in [7, 11) is 4.03. The quantitative estimate of drug-likeness (QED) is 0.818. The zero-order valence-corrected chi connectivity index (χ0v) is 14.8. The molecule has 2 N–H and O–H groups in total. The molecule has 24 heavy (non-hydrogen) atoms. The molecule has 5 nitrogen and oxygen atoms in total. The van der Waals surface area contributed by atoms with Gasteiger partial charge in [-0.3, -0.25) is 4.79 Å². The molecule has 0 atom stereocenters. The van der Waals surface area contributed by atoms with Crippen molar-refractivity contribution < 1.29 is 4.79 Å². The molecule has 2 rings (SSSR count). The Balaban J connectivity index is 1.99. The van der Waals surface area contributed by atoms with Crippen molar-refractivity contribution in [3.63, 3.8) is 0 Å². The summed E-state index contributed by atoms with van der Waals surface area (Å²) in [5.74, 6) is 1.05. The molecule has 0 aliphatic rings. The third-order valence-corrected chi connectivity index (χ3v) is 3.72. The largest absolute Gasteiger partial charge is 0.369 e. The lowest BCUT2D eigenvalue weighted by atomic mass is 10.0. The minimum absolute atomic E-state index is 0.134. The van der Waals surface area contributed by atoms with E-state index in [1.807, 2.05) is 38.4 Å². The number of rotatable bonds is 7. The van der Waals surface area contributed by atoms with Gasteiger partial charge in [0.05, 0.1) is 0 Å². The predicted octanol–water partition coefficient (Wildman–Crippen LogP) is 3.43. The van der Waals surface area contributed by atoms with Crippen LogP contribution in [0.2, 0.25) is 0 Å². The number of anilines is 2. The van der Waals surface area contributed by atoms with Crippen LogP contribution in [0.25, 0.3) is 0 Å². The number of aromatic nitrogens is 1. The standard InChI is InChI=1S/C19H26N4O/c1-14(2)15-5-7-17(8-6-15)22-19(24)16-9-10-20-18(13-16)21-11-12-23(3)4/h5-10,13-14H,11-12H2,1-4H3,(H,20,21)(H,22,24). The molecule has 0 saturated heterocycles. The minimum Gasteiger partial charge on any atom is -0.369 e.